The molecule has 0 bridgehead atoms. The van der Waals surface area contributed by atoms with Gasteiger partial charge in [-0.3, -0.25) is 9.36 Å². The zero-order valence-electron chi connectivity index (χ0n) is 18.8. The van der Waals surface area contributed by atoms with Crippen LogP contribution >= 0.6 is 0 Å². The van der Waals surface area contributed by atoms with Crippen molar-refractivity contribution in [2.75, 3.05) is 12.4 Å². The van der Waals surface area contributed by atoms with Crippen molar-refractivity contribution in [2.45, 2.75) is 19.6 Å². The van der Waals surface area contributed by atoms with Crippen LogP contribution in [0.2, 0.25) is 0 Å². The van der Waals surface area contributed by atoms with Crippen LogP contribution in [0.5, 0.6) is 11.6 Å². The van der Waals surface area contributed by atoms with Crippen LogP contribution in [0, 0.1) is 6.92 Å². The number of nitrogens with zero attached hydrogens (tertiary/aromatic N) is 1. The summed E-state index contributed by atoms with van der Waals surface area (Å²) in [5, 5.41) is 24.2. The highest BCUT2D eigenvalue weighted by molar-refractivity contribution is 5.90. The average Bonchev–Trinajstić information content (AvgIpc) is 3.13. The molecule has 1 atom stereocenters. The van der Waals surface area contributed by atoms with Crippen molar-refractivity contribution < 1.29 is 19.7 Å². The fraction of sp³-hybridized carbons (Fsp3) is 0.154. The molecule has 0 radical (unpaired) electrons. The third-order valence-electron chi connectivity index (χ3n) is 5.50. The van der Waals surface area contributed by atoms with Crippen LogP contribution < -0.4 is 15.7 Å². The van der Waals surface area contributed by atoms with Gasteiger partial charge in [0.2, 0.25) is 11.8 Å². The lowest BCUT2D eigenvalue weighted by Crippen LogP contribution is -2.25. The number of hydrogen-bond donors (Lipinski definition) is 4. The van der Waals surface area contributed by atoms with Crippen LogP contribution in [0.1, 0.15) is 22.9 Å². The highest BCUT2D eigenvalue weighted by atomic mass is 16.5. The predicted octanol–water partition coefficient (Wildman–Crippen LogP) is 3.59. The Hall–Kier alpha value is -4.30. The average molecular weight is 460 g/mol. The summed E-state index contributed by atoms with van der Waals surface area (Å²) in [7, 11) is 1.59. The first kappa shape index (κ1) is 22.9. The Kier molecular flexibility index (Phi) is 6.51. The number of amides is 1. The fourth-order valence-electron chi connectivity index (χ4n) is 3.66. The van der Waals surface area contributed by atoms with E-state index in [0.29, 0.717) is 17.0 Å². The number of rotatable bonds is 7. The van der Waals surface area contributed by atoms with E-state index in [1.807, 2.05) is 49.4 Å². The Labute approximate surface area is 196 Å². The van der Waals surface area contributed by atoms with Crippen LogP contribution in [0.25, 0.3) is 11.1 Å². The zero-order chi connectivity index (χ0) is 24.2. The largest absolute Gasteiger partial charge is 0.497 e. The number of ether oxygens (including phenoxy) is 1. The molecule has 8 heteroatoms. The number of carbonyl (C=O) groups excluding carboxylic acids is 1. The Bertz CT molecular complexity index is 1370. The van der Waals surface area contributed by atoms with E-state index in [9.17, 15) is 19.8 Å². The summed E-state index contributed by atoms with van der Waals surface area (Å²) in [5.74, 6) is -0.281. The second-order valence-electron chi connectivity index (χ2n) is 7.93. The SMILES string of the molecule is COc1cccc(-c2cccc(C(O)c3[nH]c(=O)n(CC(=O)Nc4ccc(C)cc4)c3O)c2)c1. The van der Waals surface area contributed by atoms with Gasteiger partial charge in [0.25, 0.3) is 0 Å². The van der Waals surface area contributed by atoms with E-state index < -0.39 is 30.1 Å². The number of benzene rings is 3. The third kappa shape index (κ3) is 4.87. The summed E-state index contributed by atoms with van der Waals surface area (Å²) < 4.78 is 6.15. The van der Waals surface area contributed by atoms with Gasteiger partial charge in [-0.05, 0) is 53.9 Å². The molecule has 34 heavy (non-hydrogen) atoms. The lowest BCUT2D eigenvalue weighted by molar-refractivity contribution is -0.116. The second kappa shape index (κ2) is 9.68. The van der Waals surface area contributed by atoms with Gasteiger partial charge in [-0.1, -0.05) is 48.0 Å². The van der Waals surface area contributed by atoms with Crippen LogP contribution in [0.3, 0.4) is 0 Å². The topological polar surface area (TPSA) is 117 Å². The van der Waals surface area contributed by atoms with E-state index in [2.05, 4.69) is 10.3 Å². The Morgan fingerprint density at radius 1 is 1.06 bits per heavy atom. The van der Waals surface area contributed by atoms with Crippen LogP contribution in [-0.2, 0) is 11.3 Å². The van der Waals surface area contributed by atoms with Gasteiger partial charge in [0.05, 0.1) is 7.11 Å². The molecule has 0 aliphatic carbocycles. The predicted molar refractivity (Wildman–Crippen MR) is 129 cm³/mol. The number of hydrogen-bond acceptors (Lipinski definition) is 5. The van der Waals surface area contributed by atoms with E-state index in [0.717, 1.165) is 21.3 Å². The highest BCUT2D eigenvalue weighted by Gasteiger charge is 2.23. The molecule has 174 valence electrons. The number of aromatic amines is 1. The number of nitrogens with one attached hydrogen (secondary N) is 2. The minimum absolute atomic E-state index is 0.0871. The molecule has 1 amide bonds. The molecule has 0 spiro atoms. The van der Waals surface area contributed by atoms with Crippen LogP contribution in [0.4, 0.5) is 5.69 Å². The maximum Gasteiger partial charge on any atom is 0.329 e. The summed E-state index contributed by atoms with van der Waals surface area (Å²) in [6, 6.07) is 21.8. The van der Waals surface area contributed by atoms with E-state index >= 15 is 0 Å². The molecule has 1 unspecified atom stereocenters. The molecule has 0 aliphatic rings. The van der Waals surface area contributed by atoms with Crippen molar-refractivity contribution in [3.05, 3.63) is 100 Å². The van der Waals surface area contributed by atoms with Gasteiger partial charge in [-0.15, -0.1) is 0 Å². The van der Waals surface area contributed by atoms with E-state index in [1.54, 1.807) is 37.4 Å². The van der Waals surface area contributed by atoms with Crippen molar-refractivity contribution in [3.63, 3.8) is 0 Å². The summed E-state index contributed by atoms with van der Waals surface area (Å²) in [6.45, 7) is 1.52. The van der Waals surface area contributed by atoms with Crippen molar-refractivity contribution >= 4 is 11.6 Å². The summed E-state index contributed by atoms with van der Waals surface area (Å²) in [4.78, 5) is 27.3. The molecule has 4 rings (SSSR count). The molecule has 4 N–H and O–H groups in total. The number of imidazole rings is 1. The van der Waals surface area contributed by atoms with Gasteiger partial charge in [0.15, 0.2) is 0 Å². The third-order valence-corrected chi connectivity index (χ3v) is 5.50. The van der Waals surface area contributed by atoms with Gasteiger partial charge < -0.3 is 25.3 Å². The van der Waals surface area contributed by atoms with Gasteiger partial charge in [-0.2, -0.15) is 0 Å². The second-order valence-corrected chi connectivity index (χ2v) is 7.93. The molecule has 8 nitrogen and oxygen atoms in total. The standard InChI is InChI=1S/C26H25N3O5/c1-16-9-11-20(12-10-16)27-22(30)15-29-25(32)23(28-26(29)33)24(31)19-7-3-5-17(13-19)18-6-4-8-21(14-18)34-2/h3-14,24,31-32H,15H2,1-2H3,(H,27,30)(H,28,33). The minimum Gasteiger partial charge on any atom is -0.497 e. The van der Waals surface area contributed by atoms with Crippen LogP contribution in [0.15, 0.2) is 77.6 Å². The van der Waals surface area contributed by atoms with Gasteiger partial charge in [-0.25, -0.2) is 4.79 Å². The molecule has 1 aromatic heterocycles. The number of H-pyrrole nitrogens is 1. The molecular formula is C26H25N3O5. The Balaban J connectivity index is 1.56. The first-order chi connectivity index (χ1) is 16.4. The van der Waals surface area contributed by atoms with Gasteiger partial charge in [0.1, 0.15) is 24.1 Å². The number of aryl methyl sites for hydroxylation is 1. The summed E-state index contributed by atoms with van der Waals surface area (Å²) >= 11 is 0. The molecule has 4 aromatic rings. The normalized spacial score (nSPS) is 11.7. The van der Waals surface area contributed by atoms with E-state index in [1.165, 1.54) is 0 Å². The monoisotopic (exact) mass is 459 g/mol. The van der Waals surface area contributed by atoms with Gasteiger partial charge in [0, 0.05) is 5.69 Å². The molecular weight excluding hydrogens is 434 g/mol. The van der Waals surface area contributed by atoms with Crippen molar-refractivity contribution in [3.8, 4) is 22.8 Å². The quantitative estimate of drug-likeness (QED) is 0.337. The Morgan fingerprint density at radius 2 is 1.74 bits per heavy atom. The molecule has 1 heterocycles. The number of aliphatic hydroxyl groups is 1. The molecule has 3 aromatic carbocycles. The van der Waals surface area contributed by atoms with Crippen molar-refractivity contribution in [1.82, 2.24) is 9.55 Å². The highest BCUT2D eigenvalue weighted by Crippen LogP contribution is 2.31. The lowest BCUT2D eigenvalue weighted by atomic mass is 9.99. The van der Waals surface area contributed by atoms with E-state index in [4.69, 9.17) is 4.74 Å². The number of anilines is 1. The maximum absolute atomic E-state index is 12.4. The smallest absolute Gasteiger partial charge is 0.329 e. The first-order valence-corrected chi connectivity index (χ1v) is 10.7. The Morgan fingerprint density at radius 3 is 2.44 bits per heavy atom. The summed E-state index contributed by atoms with van der Waals surface area (Å²) in [6.07, 6.45) is -1.31. The summed E-state index contributed by atoms with van der Waals surface area (Å²) in [5.41, 5.74) is 3.02. The molecule has 0 saturated heterocycles. The first-order valence-electron chi connectivity index (χ1n) is 10.7. The molecule has 0 saturated carbocycles. The number of methoxy groups -OCH3 is 1. The van der Waals surface area contributed by atoms with Crippen molar-refractivity contribution in [1.29, 1.82) is 0 Å². The fourth-order valence-corrected chi connectivity index (χ4v) is 3.66. The van der Waals surface area contributed by atoms with E-state index in [-0.39, 0.29) is 5.69 Å². The lowest BCUT2D eigenvalue weighted by Gasteiger charge is -2.12. The molecule has 0 aliphatic heterocycles. The van der Waals surface area contributed by atoms with Crippen molar-refractivity contribution in [2.24, 2.45) is 0 Å². The number of aliphatic hydroxyl groups excluding tert-OH is 1. The zero-order valence-corrected chi connectivity index (χ0v) is 18.8. The van der Waals surface area contributed by atoms with Gasteiger partial charge >= 0.3 is 5.69 Å². The number of aromatic hydroxyl groups is 1. The van der Waals surface area contributed by atoms with Crippen LogP contribution in [-0.4, -0.2) is 32.8 Å². The number of aromatic nitrogens is 2. The maximum atomic E-state index is 12.4. The number of carbonyl (C=O) groups is 1. The molecule has 0 fully saturated rings. The minimum atomic E-state index is -1.31.